The molecule has 0 amide bonds. The van der Waals surface area contributed by atoms with Crippen LogP contribution in [0.1, 0.15) is 24.2 Å². The monoisotopic (exact) mass is 321 g/mol. The van der Waals surface area contributed by atoms with E-state index in [0.717, 1.165) is 34.7 Å². The standard InChI is InChI=1S/C18H19N5O/c1-4-5-15-10-14(6-7-18(15)24-3)17-11-23(22-21-17)13(2)16-8-9-19-12-20-16/h4,6-13H,1,5H2,2-3H3. The normalized spacial score (nSPS) is 11.9. The summed E-state index contributed by atoms with van der Waals surface area (Å²) in [5, 5.41) is 8.53. The van der Waals surface area contributed by atoms with E-state index in [4.69, 9.17) is 4.74 Å². The highest BCUT2D eigenvalue weighted by Crippen LogP contribution is 2.26. The lowest BCUT2D eigenvalue weighted by atomic mass is 10.0. The quantitative estimate of drug-likeness (QED) is 0.653. The minimum Gasteiger partial charge on any atom is -0.496 e. The van der Waals surface area contributed by atoms with Crippen LogP contribution < -0.4 is 4.74 Å². The molecule has 3 aromatic rings. The highest BCUT2D eigenvalue weighted by atomic mass is 16.5. The van der Waals surface area contributed by atoms with Gasteiger partial charge in [0.05, 0.1) is 25.0 Å². The number of methoxy groups -OCH3 is 1. The fraction of sp³-hybridized carbons (Fsp3) is 0.222. The van der Waals surface area contributed by atoms with E-state index < -0.39 is 0 Å². The van der Waals surface area contributed by atoms with Gasteiger partial charge in [0.1, 0.15) is 17.8 Å². The molecule has 0 saturated carbocycles. The molecule has 2 heterocycles. The Kier molecular flexibility index (Phi) is 4.65. The van der Waals surface area contributed by atoms with Gasteiger partial charge in [-0.1, -0.05) is 11.3 Å². The number of allylic oxidation sites excluding steroid dienone is 1. The number of aromatic nitrogens is 5. The topological polar surface area (TPSA) is 65.7 Å². The first-order valence-corrected chi connectivity index (χ1v) is 7.69. The first-order valence-electron chi connectivity index (χ1n) is 7.69. The van der Waals surface area contributed by atoms with Crippen molar-refractivity contribution in [2.75, 3.05) is 7.11 Å². The SMILES string of the molecule is C=CCc1cc(-c2cn(C(C)c3ccncn3)nn2)ccc1OC. The van der Waals surface area contributed by atoms with E-state index in [-0.39, 0.29) is 6.04 Å². The third kappa shape index (κ3) is 3.17. The van der Waals surface area contributed by atoms with Crippen LogP contribution in [0.2, 0.25) is 0 Å². The van der Waals surface area contributed by atoms with Crippen LogP contribution in [0.3, 0.4) is 0 Å². The molecular weight excluding hydrogens is 302 g/mol. The number of benzene rings is 1. The van der Waals surface area contributed by atoms with Crippen LogP contribution >= 0.6 is 0 Å². The van der Waals surface area contributed by atoms with Gasteiger partial charge in [-0.25, -0.2) is 14.6 Å². The number of ether oxygens (including phenoxy) is 1. The minimum absolute atomic E-state index is 0.0138. The van der Waals surface area contributed by atoms with Gasteiger partial charge in [0, 0.05) is 11.8 Å². The van der Waals surface area contributed by atoms with Crippen LogP contribution in [0.25, 0.3) is 11.3 Å². The van der Waals surface area contributed by atoms with Crippen LogP contribution in [0.4, 0.5) is 0 Å². The van der Waals surface area contributed by atoms with Crippen LogP contribution in [0.5, 0.6) is 5.75 Å². The predicted molar refractivity (Wildman–Crippen MR) is 91.8 cm³/mol. The maximum Gasteiger partial charge on any atom is 0.122 e. The molecule has 1 unspecified atom stereocenters. The van der Waals surface area contributed by atoms with Gasteiger partial charge < -0.3 is 4.74 Å². The Morgan fingerprint density at radius 3 is 2.92 bits per heavy atom. The van der Waals surface area contributed by atoms with E-state index in [2.05, 4.69) is 32.9 Å². The van der Waals surface area contributed by atoms with Gasteiger partial charge in [0.2, 0.25) is 0 Å². The van der Waals surface area contributed by atoms with E-state index in [1.165, 1.54) is 6.33 Å². The Morgan fingerprint density at radius 2 is 2.21 bits per heavy atom. The van der Waals surface area contributed by atoms with Crippen LogP contribution in [0.15, 0.2) is 55.6 Å². The molecule has 3 rings (SSSR count). The molecule has 0 spiro atoms. The van der Waals surface area contributed by atoms with Gasteiger partial charge >= 0.3 is 0 Å². The molecule has 122 valence electrons. The van der Waals surface area contributed by atoms with Crippen molar-refractivity contribution in [3.05, 3.63) is 66.9 Å². The molecule has 0 radical (unpaired) electrons. The third-order valence-electron chi connectivity index (χ3n) is 3.88. The Hall–Kier alpha value is -3.02. The fourth-order valence-corrected chi connectivity index (χ4v) is 2.53. The molecule has 0 aliphatic rings. The molecule has 1 atom stereocenters. The Labute approximate surface area is 140 Å². The molecule has 6 nitrogen and oxygen atoms in total. The molecule has 0 aliphatic heterocycles. The van der Waals surface area contributed by atoms with Gasteiger partial charge in [-0.3, -0.25) is 0 Å². The van der Waals surface area contributed by atoms with Gasteiger partial charge in [-0.15, -0.1) is 11.7 Å². The summed E-state index contributed by atoms with van der Waals surface area (Å²) in [5.41, 5.74) is 3.77. The Morgan fingerprint density at radius 1 is 1.33 bits per heavy atom. The second kappa shape index (κ2) is 7.04. The third-order valence-corrected chi connectivity index (χ3v) is 3.88. The van der Waals surface area contributed by atoms with Gasteiger partial charge in [0.15, 0.2) is 0 Å². The number of nitrogens with zero attached hydrogens (tertiary/aromatic N) is 5. The number of hydrogen-bond acceptors (Lipinski definition) is 5. The Bertz CT molecular complexity index is 828. The number of rotatable bonds is 6. The van der Waals surface area contributed by atoms with Crippen LogP contribution in [-0.2, 0) is 6.42 Å². The summed E-state index contributed by atoms with van der Waals surface area (Å²) < 4.78 is 7.19. The summed E-state index contributed by atoms with van der Waals surface area (Å²) >= 11 is 0. The summed E-state index contributed by atoms with van der Waals surface area (Å²) in [5.74, 6) is 0.848. The molecule has 0 saturated heterocycles. The molecule has 0 aliphatic carbocycles. The summed E-state index contributed by atoms with van der Waals surface area (Å²) in [4.78, 5) is 8.21. The largest absolute Gasteiger partial charge is 0.496 e. The zero-order valence-corrected chi connectivity index (χ0v) is 13.8. The molecule has 2 aromatic heterocycles. The predicted octanol–water partition coefficient (Wildman–Crippen LogP) is 3.08. The van der Waals surface area contributed by atoms with Crippen molar-refractivity contribution < 1.29 is 4.74 Å². The summed E-state index contributed by atoms with van der Waals surface area (Å²) in [6, 6.07) is 7.85. The highest BCUT2D eigenvalue weighted by molar-refractivity contribution is 5.61. The fourth-order valence-electron chi connectivity index (χ4n) is 2.53. The summed E-state index contributed by atoms with van der Waals surface area (Å²) in [6.07, 6.45) is 7.78. The van der Waals surface area contributed by atoms with E-state index in [0.29, 0.717) is 0 Å². The second-order valence-electron chi connectivity index (χ2n) is 5.41. The van der Waals surface area contributed by atoms with Gasteiger partial charge in [0.25, 0.3) is 0 Å². The second-order valence-corrected chi connectivity index (χ2v) is 5.41. The first-order chi connectivity index (χ1) is 11.7. The van der Waals surface area contributed by atoms with E-state index >= 15 is 0 Å². The van der Waals surface area contributed by atoms with Crippen molar-refractivity contribution in [1.82, 2.24) is 25.0 Å². The molecule has 6 heteroatoms. The number of hydrogen-bond donors (Lipinski definition) is 0. The zero-order chi connectivity index (χ0) is 16.9. The average Bonchev–Trinajstić information content (AvgIpc) is 3.12. The van der Waals surface area contributed by atoms with Crippen molar-refractivity contribution >= 4 is 0 Å². The lowest BCUT2D eigenvalue weighted by Gasteiger charge is -2.10. The molecule has 24 heavy (non-hydrogen) atoms. The van der Waals surface area contributed by atoms with Crippen molar-refractivity contribution in [3.63, 3.8) is 0 Å². The average molecular weight is 321 g/mol. The van der Waals surface area contributed by atoms with Crippen LogP contribution in [0, 0.1) is 0 Å². The summed E-state index contributed by atoms with van der Waals surface area (Å²) in [7, 11) is 1.67. The van der Waals surface area contributed by atoms with Crippen molar-refractivity contribution in [3.8, 4) is 17.0 Å². The molecular formula is C18H19N5O. The lowest BCUT2D eigenvalue weighted by Crippen LogP contribution is -2.09. The van der Waals surface area contributed by atoms with E-state index in [9.17, 15) is 0 Å². The maximum atomic E-state index is 5.39. The molecule has 0 N–H and O–H groups in total. The minimum atomic E-state index is -0.0138. The molecule has 0 fully saturated rings. The van der Waals surface area contributed by atoms with Crippen molar-refractivity contribution in [1.29, 1.82) is 0 Å². The maximum absolute atomic E-state index is 5.39. The van der Waals surface area contributed by atoms with Crippen molar-refractivity contribution in [2.24, 2.45) is 0 Å². The van der Waals surface area contributed by atoms with Crippen molar-refractivity contribution in [2.45, 2.75) is 19.4 Å². The smallest absolute Gasteiger partial charge is 0.122 e. The van der Waals surface area contributed by atoms with Gasteiger partial charge in [-0.05, 0) is 43.2 Å². The van der Waals surface area contributed by atoms with E-state index in [1.807, 2.05) is 37.4 Å². The summed E-state index contributed by atoms with van der Waals surface area (Å²) in [6.45, 7) is 5.82. The first kappa shape index (κ1) is 15.9. The highest BCUT2D eigenvalue weighted by Gasteiger charge is 2.13. The molecule has 0 bridgehead atoms. The Balaban J connectivity index is 1.90. The molecule has 1 aromatic carbocycles. The van der Waals surface area contributed by atoms with E-state index in [1.54, 1.807) is 18.0 Å². The zero-order valence-electron chi connectivity index (χ0n) is 13.8. The van der Waals surface area contributed by atoms with Crippen LogP contribution in [-0.4, -0.2) is 32.1 Å². The van der Waals surface area contributed by atoms with Gasteiger partial charge in [-0.2, -0.15) is 0 Å². The lowest BCUT2D eigenvalue weighted by molar-refractivity contribution is 0.411.